The van der Waals surface area contributed by atoms with Crippen LogP contribution in [0, 0.1) is 16.0 Å². The molecule has 0 radical (unpaired) electrons. The van der Waals surface area contributed by atoms with Crippen LogP contribution in [-0.4, -0.2) is 23.9 Å². The Hall–Kier alpha value is -2.89. The highest BCUT2D eigenvalue weighted by Gasteiger charge is 2.28. The Morgan fingerprint density at radius 1 is 1.15 bits per heavy atom. The quantitative estimate of drug-likeness (QED) is 0.620. The number of nitrogens with zero attached hydrogens (tertiary/aromatic N) is 2. The molecule has 2 aromatic carbocycles. The van der Waals surface area contributed by atoms with E-state index in [1.54, 1.807) is 12.1 Å². The number of rotatable bonds is 5. The maximum atomic E-state index is 12.6. The molecule has 1 N–H and O–H groups in total. The van der Waals surface area contributed by atoms with Crippen molar-refractivity contribution in [1.82, 2.24) is 0 Å². The van der Waals surface area contributed by atoms with Crippen molar-refractivity contribution in [3.8, 4) is 0 Å². The molecule has 6 heteroatoms. The molecule has 1 aliphatic heterocycles. The van der Waals surface area contributed by atoms with E-state index in [2.05, 4.69) is 25.2 Å². The second kappa shape index (κ2) is 8.20. The third-order valence-corrected chi connectivity index (χ3v) is 5.11. The minimum absolute atomic E-state index is 0.0260. The van der Waals surface area contributed by atoms with Gasteiger partial charge in [-0.2, -0.15) is 0 Å². The van der Waals surface area contributed by atoms with Gasteiger partial charge in [-0.05, 0) is 42.5 Å². The summed E-state index contributed by atoms with van der Waals surface area (Å²) in [5.41, 5.74) is 2.77. The van der Waals surface area contributed by atoms with E-state index in [4.69, 9.17) is 0 Å². The first kappa shape index (κ1) is 18.9. The molecule has 0 aromatic heterocycles. The average Bonchev–Trinajstić information content (AvgIpc) is 2.68. The first-order valence-electron chi connectivity index (χ1n) is 9.35. The highest BCUT2D eigenvalue weighted by Crippen LogP contribution is 2.31. The van der Waals surface area contributed by atoms with Crippen LogP contribution in [0.25, 0.3) is 0 Å². The molecule has 0 aliphatic carbocycles. The maximum Gasteiger partial charge on any atom is 0.292 e. The Morgan fingerprint density at radius 3 is 2.52 bits per heavy atom. The maximum absolute atomic E-state index is 12.6. The zero-order valence-electron chi connectivity index (χ0n) is 15.7. The molecule has 0 atom stereocenters. The van der Waals surface area contributed by atoms with E-state index < -0.39 is 0 Å². The Labute approximate surface area is 159 Å². The largest absolute Gasteiger partial charge is 0.366 e. The van der Waals surface area contributed by atoms with Crippen LogP contribution < -0.4 is 10.2 Å². The standard InChI is InChI=1S/C21H25N3O3/c1-15(2)17-6-5-7-18(14-17)22-21(25)16-10-12-23(13-11-16)19-8-3-4-9-20(19)24(26)27/h3-9,14-16H,10-13H2,1-2H3,(H,22,25). The van der Waals surface area contributed by atoms with Crippen molar-refractivity contribution >= 4 is 23.0 Å². The number of para-hydroxylation sites is 2. The number of carbonyl (C=O) groups is 1. The van der Waals surface area contributed by atoms with Crippen molar-refractivity contribution in [3.05, 3.63) is 64.2 Å². The summed E-state index contributed by atoms with van der Waals surface area (Å²) in [5.74, 6) is 0.358. The Bertz CT molecular complexity index is 827. The molecule has 0 spiro atoms. The minimum Gasteiger partial charge on any atom is -0.366 e. The normalized spacial score (nSPS) is 15.0. The van der Waals surface area contributed by atoms with Crippen LogP contribution in [0.2, 0.25) is 0 Å². The van der Waals surface area contributed by atoms with E-state index in [0.29, 0.717) is 37.5 Å². The Kier molecular flexibility index (Phi) is 5.74. The number of nitro groups is 1. The topological polar surface area (TPSA) is 75.5 Å². The molecule has 0 saturated carbocycles. The monoisotopic (exact) mass is 367 g/mol. The number of amides is 1. The number of anilines is 2. The van der Waals surface area contributed by atoms with Crippen LogP contribution in [0.4, 0.5) is 17.1 Å². The number of piperidine rings is 1. The number of benzene rings is 2. The van der Waals surface area contributed by atoms with E-state index in [9.17, 15) is 14.9 Å². The van der Waals surface area contributed by atoms with Gasteiger partial charge in [0.25, 0.3) is 5.69 Å². The van der Waals surface area contributed by atoms with Crippen LogP contribution in [0.5, 0.6) is 0 Å². The summed E-state index contributed by atoms with van der Waals surface area (Å²) in [7, 11) is 0. The minimum atomic E-state index is -0.351. The fraction of sp³-hybridized carbons (Fsp3) is 0.381. The van der Waals surface area contributed by atoms with E-state index in [0.717, 1.165) is 5.69 Å². The predicted octanol–water partition coefficient (Wildman–Crippen LogP) is 4.57. The lowest BCUT2D eigenvalue weighted by Gasteiger charge is -2.32. The number of carbonyl (C=O) groups excluding carboxylic acids is 1. The summed E-state index contributed by atoms with van der Waals surface area (Å²) in [6.07, 6.45) is 1.36. The van der Waals surface area contributed by atoms with Gasteiger partial charge < -0.3 is 10.2 Å². The first-order valence-corrected chi connectivity index (χ1v) is 9.35. The SMILES string of the molecule is CC(C)c1cccc(NC(=O)C2CCN(c3ccccc3[N+](=O)[O-])CC2)c1. The summed E-state index contributed by atoms with van der Waals surface area (Å²) >= 11 is 0. The van der Waals surface area contributed by atoms with Gasteiger partial charge in [-0.3, -0.25) is 14.9 Å². The van der Waals surface area contributed by atoms with Gasteiger partial charge in [-0.15, -0.1) is 0 Å². The van der Waals surface area contributed by atoms with Gasteiger partial charge in [0, 0.05) is 30.8 Å². The summed E-state index contributed by atoms with van der Waals surface area (Å²) < 4.78 is 0. The van der Waals surface area contributed by atoms with Crippen molar-refractivity contribution in [3.63, 3.8) is 0 Å². The van der Waals surface area contributed by atoms with Crippen molar-refractivity contribution < 1.29 is 9.72 Å². The van der Waals surface area contributed by atoms with Crippen LogP contribution in [0.3, 0.4) is 0 Å². The molecule has 1 aliphatic rings. The predicted molar refractivity (Wildman–Crippen MR) is 107 cm³/mol. The lowest BCUT2D eigenvalue weighted by atomic mass is 9.95. The molecule has 0 bridgehead atoms. The number of nitro benzene ring substituents is 1. The number of hydrogen-bond acceptors (Lipinski definition) is 4. The van der Waals surface area contributed by atoms with Crippen LogP contribution in [0.1, 0.15) is 38.2 Å². The highest BCUT2D eigenvalue weighted by atomic mass is 16.6. The van der Waals surface area contributed by atoms with Crippen molar-refractivity contribution in [2.75, 3.05) is 23.3 Å². The number of hydrogen-bond donors (Lipinski definition) is 1. The molecule has 1 saturated heterocycles. The molecule has 6 nitrogen and oxygen atoms in total. The summed E-state index contributed by atoms with van der Waals surface area (Å²) in [6.45, 7) is 5.52. The van der Waals surface area contributed by atoms with Gasteiger partial charge in [-0.25, -0.2) is 0 Å². The average molecular weight is 367 g/mol. The van der Waals surface area contributed by atoms with E-state index in [-0.39, 0.29) is 22.4 Å². The van der Waals surface area contributed by atoms with Gasteiger partial charge in [0.05, 0.1) is 4.92 Å². The summed E-state index contributed by atoms with van der Waals surface area (Å²) in [6, 6.07) is 14.7. The molecular formula is C21H25N3O3. The van der Waals surface area contributed by atoms with Gasteiger partial charge in [0.15, 0.2) is 0 Å². The second-order valence-corrected chi connectivity index (χ2v) is 7.28. The van der Waals surface area contributed by atoms with Gasteiger partial charge in [0.2, 0.25) is 5.91 Å². The fourth-order valence-electron chi connectivity index (χ4n) is 3.49. The lowest BCUT2D eigenvalue weighted by Crippen LogP contribution is -2.38. The molecule has 1 amide bonds. The highest BCUT2D eigenvalue weighted by molar-refractivity contribution is 5.92. The van der Waals surface area contributed by atoms with Crippen molar-refractivity contribution in [2.24, 2.45) is 5.92 Å². The zero-order chi connectivity index (χ0) is 19.4. The van der Waals surface area contributed by atoms with Crippen LogP contribution in [0.15, 0.2) is 48.5 Å². The second-order valence-electron chi connectivity index (χ2n) is 7.28. The molecule has 142 valence electrons. The summed E-state index contributed by atoms with van der Waals surface area (Å²) in [5, 5.41) is 14.3. The molecule has 2 aromatic rings. The Balaban J connectivity index is 1.62. The first-order chi connectivity index (χ1) is 13.0. The molecule has 0 unspecified atom stereocenters. The van der Waals surface area contributed by atoms with Crippen molar-refractivity contribution in [2.45, 2.75) is 32.6 Å². The molecular weight excluding hydrogens is 342 g/mol. The molecule has 27 heavy (non-hydrogen) atoms. The third-order valence-electron chi connectivity index (χ3n) is 5.11. The molecule has 3 rings (SSSR count). The molecule has 1 heterocycles. The number of nitrogens with one attached hydrogen (secondary N) is 1. The van der Waals surface area contributed by atoms with Gasteiger partial charge in [0.1, 0.15) is 5.69 Å². The zero-order valence-corrected chi connectivity index (χ0v) is 15.7. The van der Waals surface area contributed by atoms with Crippen LogP contribution in [-0.2, 0) is 4.79 Å². The van der Waals surface area contributed by atoms with E-state index >= 15 is 0 Å². The van der Waals surface area contributed by atoms with Gasteiger partial charge >= 0.3 is 0 Å². The smallest absolute Gasteiger partial charge is 0.292 e. The third kappa shape index (κ3) is 4.45. The fourth-order valence-corrected chi connectivity index (χ4v) is 3.49. The van der Waals surface area contributed by atoms with Gasteiger partial charge in [-0.1, -0.05) is 38.1 Å². The van der Waals surface area contributed by atoms with E-state index in [1.165, 1.54) is 11.6 Å². The van der Waals surface area contributed by atoms with Crippen molar-refractivity contribution in [1.29, 1.82) is 0 Å². The lowest BCUT2D eigenvalue weighted by molar-refractivity contribution is -0.384. The van der Waals surface area contributed by atoms with Crippen LogP contribution >= 0.6 is 0 Å². The summed E-state index contributed by atoms with van der Waals surface area (Å²) in [4.78, 5) is 25.5. The molecule has 1 fully saturated rings. The van der Waals surface area contributed by atoms with E-state index in [1.807, 2.05) is 29.2 Å². The Morgan fingerprint density at radius 2 is 1.85 bits per heavy atom.